The van der Waals surface area contributed by atoms with Crippen LogP contribution >= 0.6 is 11.8 Å². The quantitative estimate of drug-likeness (QED) is 0.297. The molecule has 0 unspecified atom stereocenters. The second-order valence-electron chi connectivity index (χ2n) is 7.52. The number of anilines is 1. The van der Waals surface area contributed by atoms with Gasteiger partial charge in [-0.3, -0.25) is 9.36 Å². The molecule has 33 heavy (non-hydrogen) atoms. The van der Waals surface area contributed by atoms with Gasteiger partial charge in [0.1, 0.15) is 18.1 Å². The molecule has 3 aromatic rings. The normalized spacial score (nSPS) is 10.6. The number of rotatable bonds is 12. The van der Waals surface area contributed by atoms with Gasteiger partial charge < -0.3 is 14.8 Å². The number of nitrogens with one attached hydrogen (secondary N) is 1. The van der Waals surface area contributed by atoms with Crippen molar-refractivity contribution in [3.63, 3.8) is 0 Å². The SMILES string of the molecule is C=CCn1c(COc2ccc(CCC)cc2)nnc1SCC(=O)Nc1cc(C)ccc1OC. The first-order chi connectivity index (χ1) is 16.0. The third-order valence-corrected chi connectivity index (χ3v) is 5.86. The molecule has 0 aliphatic carbocycles. The molecule has 1 N–H and O–H groups in total. The molecule has 1 amide bonds. The molecule has 0 atom stereocenters. The average Bonchev–Trinajstić information content (AvgIpc) is 3.19. The maximum Gasteiger partial charge on any atom is 0.234 e. The van der Waals surface area contributed by atoms with Gasteiger partial charge in [0.25, 0.3) is 0 Å². The lowest BCUT2D eigenvalue weighted by molar-refractivity contribution is -0.113. The highest BCUT2D eigenvalue weighted by Gasteiger charge is 2.15. The Bertz CT molecular complexity index is 1080. The van der Waals surface area contributed by atoms with E-state index in [4.69, 9.17) is 9.47 Å². The van der Waals surface area contributed by atoms with E-state index in [1.165, 1.54) is 17.3 Å². The highest BCUT2D eigenvalue weighted by Crippen LogP contribution is 2.26. The Morgan fingerprint density at radius 1 is 1.21 bits per heavy atom. The zero-order valence-electron chi connectivity index (χ0n) is 19.3. The van der Waals surface area contributed by atoms with E-state index in [0.717, 1.165) is 24.2 Å². The molecule has 1 aromatic heterocycles. The number of carbonyl (C=O) groups is 1. The molecule has 0 aliphatic rings. The van der Waals surface area contributed by atoms with E-state index in [1.54, 1.807) is 13.2 Å². The first-order valence-corrected chi connectivity index (χ1v) is 11.8. The Morgan fingerprint density at radius 3 is 2.70 bits per heavy atom. The molecule has 3 rings (SSSR count). The minimum atomic E-state index is -0.151. The summed E-state index contributed by atoms with van der Waals surface area (Å²) in [5.41, 5.74) is 2.98. The van der Waals surface area contributed by atoms with Crippen molar-refractivity contribution in [2.24, 2.45) is 0 Å². The van der Waals surface area contributed by atoms with E-state index in [9.17, 15) is 4.79 Å². The summed E-state index contributed by atoms with van der Waals surface area (Å²) in [6.07, 6.45) is 3.94. The summed E-state index contributed by atoms with van der Waals surface area (Å²) in [4.78, 5) is 12.5. The number of allylic oxidation sites excluding steroid dienone is 1. The van der Waals surface area contributed by atoms with Crippen molar-refractivity contribution in [2.75, 3.05) is 18.2 Å². The second kappa shape index (κ2) is 12.1. The molecule has 0 aliphatic heterocycles. The lowest BCUT2D eigenvalue weighted by Crippen LogP contribution is -2.15. The van der Waals surface area contributed by atoms with Crippen LogP contribution in [0.3, 0.4) is 0 Å². The van der Waals surface area contributed by atoms with Crippen molar-refractivity contribution in [1.82, 2.24) is 14.8 Å². The lowest BCUT2D eigenvalue weighted by Gasteiger charge is -2.11. The number of methoxy groups -OCH3 is 1. The van der Waals surface area contributed by atoms with Crippen LogP contribution < -0.4 is 14.8 Å². The van der Waals surface area contributed by atoms with Crippen molar-refractivity contribution in [3.05, 3.63) is 72.1 Å². The smallest absolute Gasteiger partial charge is 0.234 e. The Balaban J connectivity index is 1.61. The fraction of sp³-hybridized carbons (Fsp3) is 0.320. The van der Waals surface area contributed by atoms with Gasteiger partial charge in [0.15, 0.2) is 11.0 Å². The number of aryl methyl sites for hydroxylation is 2. The molecule has 0 saturated heterocycles. The summed E-state index contributed by atoms with van der Waals surface area (Å²) >= 11 is 1.32. The first-order valence-electron chi connectivity index (χ1n) is 10.9. The van der Waals surface area contributed by atoms with E-state index < -0.39 is 0 Å². The van der Waals surface area contributed by atoms with Gasteiger partial charge in [0.05, 0.1) is 18.6 Å². The summed E-state index contributed by atoms with van der Waals surface area (Å²) in [6, 6.07) is 13.8. The average molecular weight is 467 g/mol. The third kappa shape index (κ3) is 6.86. The van der Waals surface area contributed by atoms with Crippen LogP contribution in [0.2, 0.25) is 0 Å². The number of nitrogens with zero attached hydrogens (tertiary/aromatic N) is 3. The Kier molecular flexibility index (Phi) is 8.95. The van der Waals surface area contributed by atoms with Crippen molar-refractivity contribution >= 4 is 23.4 Å². The van der Waals surface area contributed by atoms with Crippen LogP contribution in [-0.4, -0.2) is 33.5 Å². The second-order valence-corrected chi connectivity index (χ2v) is 8.46. The molecule has 0 radical (unpaired) electrons. The Hall–Kier alpha value is -3.26. The van der Waals surface area contributed by atoms with Crippen molar-refractivity contribution in [1.29, 1.82) is 0 Å². The van der Waals surface area contributed by atoms with E-state index >= 15 is 0 Å². The molecular formula is C25H30N4O3S. The third-order valence-electron chi connectivity index (χ3n) is 4.90. The predicted molar refractivity (Wildman–Crippen MR) is 132 cm³/mol. The van der Waals surface area contributed by atoms with E-state index in [-0.39, 0.29) is 18.3 Å². The number of carbonyl (C=O) groups excluding carboxylic acids is 1. The maximum atomic E-state index is 12.5. The summed E-state index contributed by atoms with van der Waals surface area (Å²) in [6.45, 7) is 8.75. The lowest BCUT2D eigenvalue weighted by atomic mass is 10.1. The standard InChI is InChI=1S/C25H30N4O3S/c1-5-7-19-9-11-20(12-10-19)32-16-23-27-28-25(29(23)14-6-2)33-17-24(30)26-21-15-18(3)8-13-22(21)31-4/h6,8-13,15H,2,5,7,14,16-17H2,1,3-4H3,(H,26,30). The molecular weight excluding hydrogens is 436 g/mol. The van der Waals surface area contributed by atoms with Crippen LogP contribution in [0.1, 0.15) is 30.3 Å². The fourth-order valence-electron chi connectivity index (χ4n) is 3.27. The number of aromatic nitrogens is 3. The van der Waals surface area contributed by atoms with Crippen LogP contribution in [-0.2, 0) is 24.4 Å². The van der Waals surface area contributed by atoms with Crippen LogP contribution in [0, 0.1) is 6.92 Å². The molecule has 2 aromatic carbocycles. The topological polar surface area (TPSA) is 78.3 Å². The van der Waals surface area contributed by atoms with Gasteiger partial charge >= 0.3 is 0 Å². The monoisotopic (exact) mass is 466 g/mol. The van der Waals surface area contributed by atoms with Crippen LogP contribution in [0.5, 0.6) is 11.5 Å². The van der Waals surface area contributed by atoms with Crippen molar-refractivity contribution in [3.8, 4) is 11.5 Å². The summed E-state index contributed by atoms with van der Waals surface area (Å²) in [5, 5.41) is 12.1. The van der Waals surface area contributed by atoms with Gasteiger partial charge in [-0.2, -0.15) is 0 Å². The van der Waals surface area contributed by atoms with Gasteiger partial charge in [0.2, 0.25) is 5.91 Å². The fourth-order valence-corrected chi connectivity index (χ4v) is 4.04. The molecule has 174 valence electrons. The summed E-state index contributed by atoms with van der Waals surface area (Å²) in [7, 11) is 1.58. The number of ether oxygens (including phenoxy) is 2. The molecule has 0 saturated carbocycles. The molecule has 1 heterocycles. The zero-order chi connectivity index (χ0) is 23.6. The van der Waals surface area contributed by atoms with Crippen LogP contribution in [0.25, 0.3) is 0 Å². The van der Waals surface area contributed by atoms with E-state index in [1.807, 2.05) is 41.8 Å². The number of benzene rings is 2. The van der Waals surface area contributed by atoms with E-state index in [2.05, 4.69) is 41.1 Å². The zero-order valence-corrected chi connectivity index (χ0v) is 20.2. The first kappa shape index (κ1) is 24.4. The molecule has 0 fully saturated rings. The van der Waals surface area contributed by atoms with Gasteiger partial charge in [0, 0.05) is 6.54 Å². The highest BCUT2D eigenvalue weighted by atomic mass is 32.2. The largest absolute Gasteiger partial charge is 0.495 e. The molecule has 7 nitrogen and oxygen atoms in total. The van der Waals surface area contributed by atoms with Gasteiger partial charge in [-0.1, -0.05) is 49.4 Å². The van der Waals surface area contributed by atoms with Crippen LogP contribution in [0.15, 0.2) is 60.3 Å². The number of hydrogen-bond donors (Lipinski definition) is 1. The van der Waals surface area contributed by atoms with Crippen molar-refractivity contribution in [2.45, 2.75) is 45.0 Å². The Morgan fingerprint density at radius 2 is 2.00 bits per heavy atom. The number of thioether (sulfide) groups is 1. The van der Waals surface area contributed by atoms with Crippen LogP contribution in [0.4, 0.5) is 5.69 Å². The van der Waals surface area contributed by atoms with Gasteiger partial charge in [-0.05, 0) is 48.7 Å². The van der Waals surface area contributed by atoms with Crippen molar-refractivity contribution < 1.29 is 14.3 Å². The number of amides is 1. The molecule has 8 heteroatoms. The summed E-state index contributed by atoms with van der Waals surface area (Å²) < 4.78 is 13.1. The van der Waals surface area contributed by atoms with Gasteiger partial charge in [-0.25, -0.2) is 0 Å². The number of hydrogen-bond acceptors (Lipinski definition) is 6. The predicted octanol–water partition coefficient (Wildman–Crippen LogP) is 5.04. The Labute approximate surface area is 199 Å². The van der Waals surface area contributed by atoms with Gasteiger partial charge in [-0.15, -0.1) is 16.8 Å². The highest BCUT2D eigenvalue weighted by molar-refractivity contribution is 7.99. The van der Waals surface area contributed by atoms with E-state index in [0.29, 0.717) is 29.0 Å². The minimum absolute atomic E-state index is 0.151. The molecule has 0 bridgehead atoms. The minimum Gasteiger partial charge on any atom is -0.495 e. The maximum absolute atomic E-state index is 12.5. The summed E-state index contributed by atoms with van der Waals surface area (Å²) in [5.74, 6) is 2.11. The molecule has 0 spiro atoms.